The maximum absolute atomic E-state index is 11.5. The van der Waals surface area contributed by atoms with Gasteiger partial charge in [-0.25, -0.2) is 0 Å². The van der Waals surface area contributed by atoms with E-state index in [9.17, 15) is 4.79 Å². The highest BCUT2D eigenvalue weighted by Crippen LogP contribution is 2.16. The molecule has 0 radical (unpaired) electrons. The Balaban J connectivity index is 2.52. The van der Waals surface area contributed by atoms with Gasteiger partial charge >= 0.3 is 0 Å². The molecule has 1 N–H and O–H groups in total. The topological polar surface area (TPSA) is 62.1 Å². The molecule has 1 unspecified atom stereocenters. The van der Waals surface area contributed by atoms with E-state index in [0.29, 0.717) is 12.3 Å². The quantitative estimate of drug-likeness (QED) is 0.848. The molecule has 0 bridgehead atoms. The zero-order valence-corrected chi connectivity index (χ0v) is 10.1. The van der Waals surface area contributed by atoms with Crippen LogP contribution in [-0.4, -0.2) is 12.5 Å². The third kappa shape index (κ3) is 4.56. The van der Waals surface area contributed by atoms with Crippen LogP contribution < -0.4 is 10.1 Å². The van der Waals surface area contributed by atoms with Crippen molar-refractivity contribution in [2.75, 3.05) is 11.9 Å². The van der Waals surface area contributed by atoms with Gasteiger partial charge in [-0.2, -0.15) is 5.26 Å². The molecule has 1 rings (SSSR count). The number of anilines is 1. The summed E-state index contributed by atoms with van der Waals surface area (Å²) < 4.78 is 5.29. The summed E-state index contributed by atoms with van der Waals surface area (Å²) in [5, 5.41) is 11.3. The van der Waals surface area contributed by atoms with E-state index in [2.05, 4.69) is 5.32 Å². The second-order valence-corrected chi connectivity index (χ2v) is 3.74. The fraction of sp³-hybridized carbons (Fsp3) is 0.385. The van der Waals surface area contributed by atoms with Crippen molar-refractivity contribution < 1.29 is 9.53 Å². The number of nitriles is 1. The molecule has 1 atom stereocenters. The molecule has 0 fully saturated rings. The van der Waals surface area contributed by atoms with Crippen molar-refractivity contribution in [1.29, 1.82) is 5.26 Å². The summed E-state index contributed by atoms with van der Waals surface area (Å²) in [6.07, 6.45) is 0.212. The van der Waals surface area contributed by atoms with Crippen LogP contribution in [0, 0.1) is 17.2 Å². The molecular weight excluding hydrogens is 216 g/mol. The molecule has 1 amide bonds. The van der Waals surface area contributed by atoms with E-state index < -0.39 is 0 Å². The summed E-state index contributed by atoms with van der Waals surface area (Å²) in [7, 11) is 0. The smallest absolute Gasteiger partial charge is 0.225 e. The molecule has 0 saturated carbocycles. The van der Waals surface area contributed by atoms with Gasteiger partial charge < -0.3 is 10.1 Å². The van der Waals surface area contributed by atoms with Crippen LogP contribution in [0.5, 0.6) is 5.75 Å². The molecule has 0 spiro atoms. The van der Waals surface area contributed by atoms with Crippen LogP contribution >= 0.6 is 0 Å². The Bertz CT molecular complexity index is 406. The third-order valence-electron chi connectivity index (χ3n) is 2.16. The van der Waals surface area contributed by atoms with Gasteiger partial charge in [0.05, 0.1) is 18.6 Å². The second-order valence-electron chi connectivity index (χ2n) is 3.74. The lowest BCUT2D eigenvalue weighted by Crippen LogP contribution is -2.14. The number of rotatable bonds is 5. The van der Waals surface area contributed by atoms with Gasteiger partial charge in [-0.3, -0.25) is 4.79 Å². The fourth-order valence-electron chi connectivity index (χ4n) is 1.34. The van der Waals surface area contributed by atoms with Crippen LogP contribution in [0.3, 0.4) is 0 Å². The minimum absolute atomic E-state index is 0.150. The molecular formula is C13H16N2O2. The molecule has 17 heavy (non-hydrogen) atoms. The average molecular weight is 232 g/mol. The van der Waals surface area contributed by atoms with Crippen molar-refractivity contribution in [2.45, 2.75) is 20.3 Å². The van der Waals surface area contributed by atoms with E-state index in [1.165, 1.54) is 0 Å². The Hall–Kier alpha value is -2.02. The maximum atomic E-state index is 11.5. The minimum Gasteiger partial charge on any atom is -0.494 e. The van der Waals surface area contributed by atoms with Crippen LogP contribution in [0.1, 0.15) is 20.3 Å². The summed E-state index contributed by atoms with van der Waals surface area (Å²) in [6, 6.07) is 9.18. The third-order valence-corrected chi connectivity index (χ3v) is 2.16. The van der Waals surface area contributed by atoms with E-state index in [4.69, 9.17) is 10.00 Å². The van der Waals surface area contributed by atoms with Crippen LogP contribution in [0.4, 0.5) is 5.69 Å². The Morgan fingerprint density at radius 3 is 2.65 bits per heavy atom. The number of nitrogens with one attached hydrogen (secondary N) is 1. The van der Waals surface area contributed by atoms with Crippen LogP contribution in [0.25, 0.3) is 0 Å². The average Bonchev–Trinajstić information content (AvgIpc) is 2.31. The molecule has 1 aromatic rings. The molecule has 0 heterocycles. The number of hydrogen-bond acceptors (Lipinski definition) is 3. The Labute approximate surface area is 101 Å². The van der Waals surface area contributed by atoms with Gasteiger partial charge in [-0.15, -0.1) is 0 Å². The van der Waals surface area contributed by atoms with Gasteiger partial charge in [0.2, 0.25) is 5.91 Å². The summed E-state index contributed by atoms with van der Waals surface area (Å²) in [5.74, 6) is 0.358. The van der Waals surface area contributed by atoms with Crippen LogP contribution in [0.15, 0.2) is 24.3 Å². The molecule has 0 aliphatic heterocycles. The highest BCUT2D eigenvalue weighted by atomic mass is 16.5. The molecule has 4 nitrogen and oxygen atoms in total. The predicted octanol–water partition coefficient (Wildman–Crippen LogP) is 2.57. The lowest BCUT2D eigenvalue weighted by molar-refractivity contribution is -0.116. The first-order valence-electron chi connectivity index (χ1n) is 5.58. The van der Waals surface area contributed by atoms with Crippen molar-refractivity contribution in [3.63, 3.8) is 0 Å². The standard InChI is InChI=1S/C13H16N2O2/c1-3-17-12-6-4-11(5-7-12)15-13(16)8-10(2)9-14/h4-7,10H,3,8H2,1-2H3,(H,15,16). The van der Waals surface area contributed by atoms with Gasteiger partial charge in [0.1, 0.15) is 5.75 Å². The summed E-state index contributed by atoms with van der Waals surface area (Å²) in [5.41, 5.74) is 0.712. The summed E-state index contributed by atoms with van der Waals surface area (Å²) in [4.78, 5) is 11.5. The largest absolute Gasteiger partial charge is 0.494 e. The Morgan fingerprint density at radius 1 is 1.47 bits per heavy atom. The molecule has 4 heteroatoms. The van der Waals surface area contributed by atoms with Crippen LogP contribution in [0.2, 0.25) is 0 Å². The summed E-state index contributed by atoms with van der Waals surface area (Å²) >= 11 is 0. The van der Waals surface area contributed by atoms with Crippen molar-refractivity contribution >= 4 is 11.6 Å². The summed E-state index contributed by atoms with van der Waals surface area (Å²) in [6.45, 7) is 4.25. The van der Waals surface area contributed by atoms with E-state index in [1.807, 2.05) is 13.0 Å². The number of carbonyl (C=O) groups is 1. The van der Waals surface area contributed by atoms with Crippen molar-refractivity contribution in [3.05, 3.63) is 24.3 Å². The number of ether oxygens (including phenoxy) is 1. The first kappa shape index (κ1) is 13.0. The fourth-order valence-corrected chi connectivity index (χ4v) is 1.34. The first-order valence-corrected chi connectivity index (χ1v) is 5.58. The monoisotopic (exact) mass is 232 g/mol. The van der Waals surface area contributed by atoms with Gasteiger partial charge in [0, 0.05) is 12.1 Å². The number of carbonyl (C=O) groups excluding carboxylic acids is 1. The second kappa shape index (κ2) is 6.54. The predicted molar refractivity (Wildman–Crippen MR) is 65.6 cm³/mol. The molecule has 90 valence electrons. The SMILES string of the molecule is CCOc1ccc(NC(=O)CC(C)C#N)cc1. The van der Waals surface area contributed by atoms with Gasteiger partial charge in [-0.05, 0) is 38.1 Å². The normalized spacial score (nSPS) is 11.4. The maximum Gasteiger partial charge on any atom is 0.225 e. The van der Waals surface area contributed by atoms with Crippen molar-refractivity contribution in [2.24, 2.45) is 5.92 Å². The van der Waals surface area contributed by atoms with E-state index in [0.717, 1.165) is 5.75 Å². The highest BCUT2D eigenvalue weighted by Gasteiger charge is 2.08. The molecule has 0 aliphatic carbocycles. The molecule has 0 saturated heterocycles. The van der Waals surface area contributed by atoms with Gasteiger partial charge in [-0.1, -0.05) is 0 Å². The Morgan fingerprint density at radius 2 is 2.12 bits per heavy atom. The highest BCUT2D eigenvalue weighted by molar-refractivity contribution is 5.91. The zero-order valence-electron chi connectivity index (χ0n) is 10.1. The van der Waals surface area contributed by atoms with Crippen LogP contribution in [-0.2, 0) is 4.79 Å². The van der Waals surface area contributed by atoms with Crippen molar-refractivity contribution in [3.8, 4) is 11.8 Å². The first-order chi connectivity index (χ1) is 8.15. The van der Waals surface area contributed by atoms with Gasteiger partial charge in [0.15, 0.2) is 0 Å². The molecule has 0 aromatic heterocycles. The van der Waals surface area contributed by atoms with Gasteiger partial charge in [0.25, 0.3) is 0 Å². The van der Waals surface area contributed by atoms with E-state index in [-0.39, 0.29) is 18.2 Å². The molecule has 1 aromatic carbocycles. The number of amides is 1. The lowest BCUT2D eigenvalue weighted by atomic mass is 10.1. The molecule has 0 aliphatic rings. The van der Waals surface area contributed by atoms with E-state index >= 15 is 0 Å². The van der Waals surface area contributed by atoms with Crippen molar-refractivity contribution in [1.82, 2.24) is 0 Å². The lowest BCUT2D eigenvalue weighted by Gasteiger charge is -2.07. The number of hydrogen-bond donors (Lipinski definition) is 1. The minimum atomic E-state index is -0.266. The number of benzene rings is 1. The Kier molecular flexibility index (Phi) is 5.02. The van der Waals surface area contributed by atoms with E-state index in [1.54, 1.807) is 31.2 Å². The zero-order chi connectivity index (χ0) is 12.7. The number of nitrogens with zero attached hydrogens (tertiary/aromatic N) is 1.